The lowest BCUT2D eigenvalue weighted by Crippen LogP contribution is -2.11. The Labute approximate surface area is 157 Å². The molecule has 136 valence electrons. The van der Waals surface area contributed by atoms with Crippen LogP contribution in [0.25, 0.3) is 21.7 Å². The van der Waals surface area contributed by atoms with Crippen LogP contribution in [0.15, 0.2) is 46.9 Å². The minimum atomic E-state index is -0.413. The Hall–Kier alpha value is -3.46. The summed E-state index contributed by atoms with van der Waals surface area (Å²) in [4.78, 5) is 16.7. The SMILES string of the molecule is COc1ccc(OC)c(-c2nnc(NC(=O)c3nc4ccccc4s3)o2)c1. The van der Waals surface area contributed by atoms with Crippen LogP contribution >= 0.6 is 11.3 Å². The number of hydrogen-bond donors (Lipinski definition) is 1. The van der Waals surface area contributed by atoms with Gasteiger partial charge in [-0.25, -0.2) is 4.98 Å². The van der Waals surface area contributed by atoms with E-state index >= 15 is 0 Å². The third-order valence-electron chi connectivity index (χ3n) is 3.77. The summed E-state index contributed by atoms with van der Waals surface area (Å²) in [7, 11) is 3.10. The van der Waals surface area contributed by atoms with Crippen molar-refractivity contribution in [3.8, 4) is 23.0 Å². The molecule has 0 radical (unpaired) electrons. The standard InChI is InChI=1S/C18H14N4O4S/c1-24-10-7-8-13(25-2)11(9-10)16-21-22-18(26-16)20-15(23)17-19-12-5-3-4-6-14(12)27-17/h3-9H,1-2H3,(H,20,22,23). The summed E-state index contributed by atoms with van der Waals surface area (Å²) in [5, 5.41) is 10.7. The number of carbonyl (C=O) groups is 1. The molecular formula is C18H14N4O4S. The van der Waals surface area contributed by atoms with Crippen LogP contribution in [0.1, 0.15) is 9.80 Å². The fourth-order valence-corrected chi connectivity index (χ4v) is 3.34. The maximum absolute atomic E-state index is 12.4. The van der Waals surface area contributed by atoms with E-state index in [9.17, 15) is 4.79 Å². The van der Waals surface area contributed by atoms with Gasteiger partial charge in [-0.3, -0.25) is 10.1 Å². The van der Waals surface area contributed by atoms with Crippen molar-refractivity contribution in [2.24, 2.45) is 0 Å². The lowest BCUT2D eigenvalue weighted by molar-refractivity contribution is 0.102. The van der Waals surface area contributed by atoms with Crippen molar-refractivity contribution < 1.29 is 18.7 Å². The van der Waals surface area contributed by atoms with Gasteiger partial charge in [-0.05, 0) is 30.3 Å². The summed E-state index contributed by atoms with van der Waals surface area (Å²) < 4.78 is 17.0. The molecule has 0 unspecified atom stereocenters. The molecule has 1 amide bonds. The molecular weight excluding hydrogens is 368 g/mol. The molecule has 0 saturated heterocycles. The minimum absolute atomic E-state index is 0.0286. The van der Waals surface area contributed by atoms with E-state index in [4.69, 9.17) is 13.9 Å². The second-order valence-electron chi connectivity index (χ2n) is 5.42. The molecule has 4 aromatic rings. The third-order valence-corrected chi connectivity index (χ3v) is 4.81. The second kappa shape index (κ2) is 7.04. The number of para-hydroxylation sites is 1. The summed E-state index contributed by atoms with van der Waals surface area (Å²) in [6.07, 6.45) is 0. The molecule has 2 aromatic heterocycles. The largest absolute Gasteiger partial charge is 0.497 e. The molecule has 4 rings (SSSR count). The molecule has 0 aliphatic heterocycles. The number of nitrogens with one attached hydrogen (secondary N) is 1. The fraction of sp³-hybridized carbons (Fsp3) is 0.111. The van der Waals surface area contributed by atoms with Crippen molar-refractivity contribution in [3.05, 3.63) is 47.5 Å². The van der Waals surface area contributed by atoms with E-state index in [-0.39, 0.29) is 11.9 Å². The number of amides is 1. The van der Waals surface area contributed by atoms with E-state index in [1.54, 1.807) is 25.3 Å². The number of hydrogen-bond acceptors (Lipinski definition) is 8. The van der Waals surface area contributed by atoms with Crippen LogP contribution in [0.2, 0.25) is 0 Å². The van der Waals surface area contributed by atoms with Crippen LogP contribution in [0.5, 0.6) is 11.5 Å². The van der Waals surface area contributed by atoms with Crippen LogP contribution in [0.3, 0.4) is 0 Å². The van der Waals surface area contributed by atoms with Gasteiger partial charge in [0.25, 0.3) is 11.8 Å². The first-order valence-electron chi connectivity index (χ1n) is 7.91. The van der Waals surface area contributed by atoms with Gasteiger partial charge in [0.2, 0.25) is 0 Å². The summed E-state index contributed by atoms with van der Waals surface area (Å²) in [5.74, 6) is 0.946. The monoisotopic (exact) mass is 382 g/mol. The summed E-state index contributed by atoms with van der Waals surface area (Å²) in [6, 6.07) is 12.7. The smallest absolute Gasteiger partial charge is 0.322 e. The third kappa shape index (κ3) is 3.32. The van der Waals surface area contributed by atoms with E-state index < -0.39 is 5.91 Å². The van der Waals surface area contributed by atoms with Crippen LogP contribution in [-0.4, -0.2) is 35.3 Å². The maximum atomic E-state index is 12.4. The normalized spacial score (nSPS) is 10.7. The van der Waals surface area contributed by atoms with E-state index in [0.29, 0.717) is 22.1 Å². The lowest BCUT2D eigenvalue weighted by atomic mass is 10.2. The number of methoxy groups -OCH3 is 2. The number of aromatic nitrogens is 3. The average molecular weight is 382 g/mol. The van der Waals surface area contributed by atoms with Gasteiger partial charge < -0.3 is 13.9 Å². The first kappa shape index (κ1) is 17.0. The zero-order valence-electron chi connectivity index (χ0n) is 14.4. The Bertz CT molecular complexity index is 1090. The van der Waals surface area contributed by atoms with Crippen molar-refractivity contribution in [2.45, 2.75) is 0 Å². The van der Waals surface area contributed by atoms with Crippen molar-refractivity contribution in [3.63, 3.8) is 0 Å². The number of carbonyl (C=O) groups excluding carboxylic acids is 1. The highest BCUT2D eigenvalue weighted by Crippen LogP contribution is 2.33. The highest BCUT2D eigenvalue weighted by molar-refractivity contribution is 7.20. The van der Waals surface area contributed by atoms with Gasteiger partial charge in [0.05, 0.1) is 30.0 Å². The summed E-state index contributed by atoms with van der Waals surface area (Å²) in [6.45, 7) is 0. The molecule has 0 aliphatic carbocycles. The highest BCUT2D eigenvalue weighted by atomic mass is 32.1. The Balaban J connectivity index is 1.58. The quantitative estimate of drug-likeness (QED) is 0.563. The number of fused-ring (bicyclic) bond motifs is 1. The van der Waals surface area contributed by atoms with E-state index in [2.05, 4.69) is 20.5 Å². The van der Waals surface area contributed by atoms with Gasteiger partial charge in [-0.1, -0.05) is 17.2 Å². The minimum Gasteiger partial charge on any atom is -0.497 e. The van der Waals surface area contributed by atoms with E-state index in [1.165, 1.54) is 18.4 Å². The van der Waals surface area contributed by atoms with Crippen molar-refractivity contribution in [1.82, 2.24) is 15.2 Å². The molecule has 0 aliphatic rings. The van der Waals surface area contributed by atoms with Gasteiger partial charge >= 0.3 is 6.01 Å². The number of rotatable bonds is 5. The Morgan fingerprint density at radius 3 is 2.74 bits per heavy atom. The fourth-order valence-electron chi connectivity index (χ4n) is 2.48. The Morgan fingerprint density at radius 2 is 1.96 bits per heavy atom. The van der Waals surface area contributed by atoms with Gasteiger partial charge in [0.15, 0.2) is 5.01 Å². The number of nitrogens with zero attached hydrogens (tertiary/aromatic N) is 3. The molecule has 27 heavy (non-hydrogen) atoms. The average Bonchev–Trinajstić information content (AvgIpc) is 3.34. The molecule has 0 spiro atoms. The number of ether oxygens (including phenoxy) is 2. The molecule has 9 heteroatoms. The van der Waals surface area contributed by atoms with E-state index in [0.717, 1.165) is 10.2 Å². The van der Waals surface area contributed by atoms with Crippen LogP contribution in [0.4, 0.5) is 6.01 Å². The molecule has 0 bridgehead atoms. The first-order chi connectivity index (χ1) is 13.2. The predicted octanol–water partition coefficient (Wildman–Crippen LogP) is 3.62. The molecule has 8 nitrogen and oxygen atoms in total. The molecule has 0 saturated carbocycles. The van der Waals surface area contributed by atoms with Crippen LogP contribution in [-0.2, 0) is 0 Å². The van der Waals surface area contributed by atoms with Crippen molar-refractivity contribution >= 4 is 33.5 Å². The van der Waals surface area contributed by atoms with Crippen LogP contribution in [0, 0.1) is 0 Å². The summed E-state index contributed by atoms with van der Waals surface area (Å²) in [5.41, 5.74) is 1.32. The molecule has 0 atom stereocenters. The summed E-state index contributed by atoms with van der Waals surface area (Å²) >= 11 is 1.29. The zero-order valence-corrected chi connectivity index (χ0v) is 15.2. The second-order valence-corrected chi connectivity index (χ2v) is 6.45. The predicted molar refractivity (Wildman–Crippen MR) is 100 cm³/mol. The number of thiazole rings is 1. The van der Waals surface area contributed by atoms with Crippen molar-refractivity contribution in [2.75, 3.05) is 19.5 Å². The molecule has 2 heterocycles. The van der Waals surface area contributed by atoms with Gasteiger partial charge in [0, 0.05) is 0 Å². The maximum Gasteiger partial charge on any atom is 0.322 e. The van der Waals surface area contributed by atoms with Gasteiger partial charge in [0.1, 0.15) is 11.5 Å². The van der Waals surface area contributed by atoms with Gasteiger partial charge in [-0.15, -0.1) is 16.4 Å². The molecule has 2 aromatic carbocycles. The number of benzene rings is 2. The van der Waals surface area contributed by atoms with Gasteiger partial charge in [-0.2, -0.15) is 0 Å². The highest BCUT2D eigenvalue weighted by Gasteiger charge is 2.18. The van der Waals surface area contributed by atoms with E-state index in [1.807, 2.05) is 24.3 Å². The number of anilines is 1. The lowest BCUT2D eigenvalue weighted by Gasteiger charge is -2.07. The molecule has 0 fully saturated rings. The topological polar surface area (TPSA) is 99.4 Å². The first-order valence-corrected chi connectivity index (χ1v) is 8.72. The Kier molecular flexibility index (Phi) is 4.43. The van der Waals surface area contributed by atoms with Crippen molar-refractivity contribution in [1.29, 1.82) is 0 Å². The van der Waals surface area contributed by atoms with Crippen LogP contribution < -0.4 is 14.8 Å². The zero-order chi connectivity index (χ0) is 18.8. The Morgan fingerprint density at radius 1 is 1.11 bits per heavy atom. The molecule has 1 N–H and O–H groups in total.